The number of halogens is 1. The van der Waals surface area contributed by atoms with Crippen LogP contribution in [0.2, 0.25) is 0 Å². The number of carbonyl (C=O) groups is 2. The minimum Gasteiger partial charge on any atom is -0.451 e. The van der Waals surface area contributed by atoms with E-state index in [1.54, 1.807) is 29.8 Å². The molecule has 1 amide bonds. The number of aryl methyl sites for hydroxylation is 1. The molecule has 0 bridgehead atoms. The Morgan fingerprint density at radius 1 is 1.33 bits per heavy atom. The van der Waals surface area contributed by atoms with Crippen molar-refractivity contribution in [1.29, 1.82) is 0 Å². The maximum Gasteiger partial charge on any atom is 0.348 e. The number of fused-ring (bicyclic) bond motifs is 1. The summed E-state index contributed by atoms with van der Waals surface area (Å²) in [4.78, 5) is 25.4. The number of ether oxygens (including phenoxy) is 1. The van der Waals surface area contributed by atoms with Crippen LogP contribution >= 0.6 is 11.3 Å². The number of aromatic nitrogens is 2. The molecule has 1 fully saturated rings. The Morgan fingerprint density at radius 2 is 2.07 bits per heavy atom. The largest absolute Gasteiger partial charge is 0.451 e. The van der Waals surface area contributed by atoms with Crippen molar-refractivity contribution in [2.24, 2.45) is 0 Å². The minimum absolute atomic E-state index is 0.0456. The SMILES string of the molecule is Cc1nn(-c2ccc(F)cc2)c2sc(C(=O)OCC(=O)N[C@@H]3CCS(=O)(=O)C3)cc12. The second-order valence-corrected chi connectivity index (χ2v) is 10.3. The Labute approximate surface area is 175 Å². The van der Waals surface area contributed by atoms with E-state index in [0.717, 1.165) is 16.7 Å². The van der Waals surface area contributed by atoms with Crippen molar-refractivity contribution in [3.05, 3.63) is 46.7 Å². The summed E-state index contributed by atoms with van der Waals surface area (Å²) in [6.07, 6.45) is 0.359. The molecule has 0 unspecified atom stereocenters. The molecular weight excluding hydrogens is 433 g/mol. The van der Waals surface area contributed by atoms with Crippen molar-refractivity contribution in [3.63, 3.8) is 0 Å². The highest BCUT2D eigenvalue weighted by atomic mass is 32.2. The van der Waals surface area contributed by atoms with Crippen molar-refractivity contribution >= 4 is 43.3 Å². The van der Waals surface area contributed by atoms with Crippen molar-refractivity contribution < 1.29 is 27.1 Å². The van der Waals surface area contributed by atoms with Crippen LogP contribution in [0.3, 0.4) is 0 Å². The first-order valence-electron chi connectivity index (χ1n) is 9.14. The fraction of sp³-hybridized carbons (Fsp3) is 0.316. The fourth-order valence-electron chi connectivity index (χ4n) is 3.29. The van der Waals surface area contributed by atoms with Gasteiger partial charge in [0.1, 0.15) is 15.5 Å². The zero-order chi connectivity index (χ0) is 21.5. The second-order valence-electron chi connectivity index (χ2n) is 7.05. The molecule has 8 nitrogen and oxygen atoms in total. The molecule has 1 saturated heterocycles. The smallest absolute Gasteiger partial charge is 0.348 e. The van der Waals surface area contributed by atoms with Gasteiger partial charge in [0.05, 0.1) is 22.9 Å². The first-order chi connectivity index (χ1) is 14.2. The third-order valence-electron chi connectivity index (χ3n) is 4.75. The van der Waals surface area contributed by atoms with Crippen LogP contribution in [0.1, 0.15) is 21.8 Å². The number of nitrogens with one attached hydrogen (secondary N) is 1. The quantitative estimate of drug-likeness (QED) is 0.595. The summed E-state index contributed by atoms with van der Waals surface area (Å²) < 4.78 is 42.8. The van der Waals surface area contributed by atoms with Crippen LogP contribution in [0.5, 0.6) is 0 Å². The summed E-state index contributed by atoms with van der Waals surface area (Å²) in [6.45, 7) is 1.31. The number of carbonyl (C=O) groups excluding carboxylic acids is 2. The molecule has 2 aromatic heterocycles. The van der Waals surface area contributed by atoms with Gasteiger partial charge in [-0.15, -0.1) is 11.3 Å². The predicted octanol–water partition coefficient (Wildman–Crippen LogP) is 1.99. The van der Waals surface area contributed by atoms with Crippen LogP contribution in [0.15, 0.2) is 30.3 Å². The molecular formula is C19H18FN3O5S2. The van der Waals surface area contributed by atoms with Gasteiger partial charge < -0.3 is 10.1 Å². The van der Waals surface area contributed by atoms with Crippen molar-refractivity contribution in [3.8, 4) is 5.69 Å². The van der Waals surface area contributed by atoms with Crippen molar-refractivity contribution in [2.75, 3.05) is 18.1 Å². The Kier molecular flexibility index (Phi) is 5.33. The molecule has 0 spiro atoms. The first kappa shape index (κ1) is 20.5. The van der Waals surface area contributed by atoms with Crippen LogP contribution in [0.25, 0.3) is 15.9 Å². The molecule has 11 heteroatoms. The molecule has 4 rings (SSSR count). The average molecular weight is 452 g/mol. The maximum atomic E-state index is 13.2. The van der Waals surface area contributed by atoms with Gasteiger partial charge in [0.15, 0.2) is 16.4 Å². The highest BCUT2D eigenvalue weighted by molar-refractivity contribution is 7.91. The molecule has 3 aromatic rings. The third kappa shape index (κ3) is 4.21. The van der Waals surface area contributed by atoms with Gasteiger partial charge in [-0.2, -0.15) is 5.10 Å². The normalized spacial score (nSPS) is 17.9. The van der Waals surface area contributed by atoms with Crippen LogP contribution in [0, 0.1) is 12.7 Å². The Bertz CT molecular complexity index is 1230. The van der Waals surface area contributed by atoms with Gasteiger partial charge in [-0.3, -0.25) is 4.79 Å². The zero-order valence-corrected chi connectivity index (χ0v) is 17.6. The first-order valence-corrected chi connectivity index (χ1v) is 11.8. The Morgan fingerprint density at radius 3 is 2.73 bits per heavy atom. The molecule has 1 aliphatic rings. The summed E-state index contributed by atoms with van der Waals surface area (Å²) in [5.41, 5.74) is 1.35. The van der Waals surface area contributed by atoms with Crippen LogP contribution in [-0.4, -0.2) is 54.2 Å². The van der Waals surface area contributed by atoms with Crippen LogP contribution in [-0.2, 0) is 19.4 Å². The fourth-order valence-corrected chi connectivity index (χ4v) is 6.04. The number of benzene rings is 1. The van der Waals surface area contributed by atoms with E-state index >= 15 is 0 Å². The number of hydrogen-bond acceptors (Lipinski definition) is 7. The highest BCUT2D eigenvalue weighted by Gasteiger charge is 2.29. The molecule has 0 aliphatic carbocycles. The summed E-state index contributed by atoms with van der Waals surface area (Å²) >= 11 is 1.16. The molecule has 1 N–H and O–H groups in total. The lowest BCUT2D eigenvalue weighted by molar-refractivity contribution is -0.124. The molecule has 1 atom stereocenters. The number of rotatable bonds is 5. The molecule has 158 valence electrons. The average Bonchev–Trinajstić information content (AvgIpc) is 3.35. The van der Waals surface area contributed by atoms with Crippen molar-refractivity contribution in [2.45, 2.75) is 19.4 Å². The van der Waals surface area contributed by atoms with E-state index in [4.69, 9.17) is 4.74 Å². The van der Waals surface area contributed by atoms with Gasteiger partial charge in [-0.05, 0) is 43.7 Å². The zero-order valence-electron chi connectivity index (χ0n) is 15.9. The Balaban J connectivity index is 1.44. The number of nitrogens with zero attached hydrogens (tertiary/aromatic N) is 2. The van der Waals surface area contributed by atoms with E-state index in [9.17, 15) is 22.4 Å². The monoisotopic (exact) mass is 451 g/mol. The second kappa shape index (κ2) is 7.80. The van der Waals surface area contributed by atoms with Crippen molar-refractivity contribution in [1.82, 2.24) is 15.1 Å². The summed E-state index contributed by atoms with van der Waals surface area (Å²) in [5.74, 6) is -1.61. The van der Waals surface area contributed by atoms with E-state index in [-0.39, 0.29) is 17.3 Å². The Hall–Kier alpha value is -2.79. The van der Waals surface area contributed by atoms with E-state index in [0.29, 0.717) is 27.5 Å². The van der Waals surface area contributed by atoms with Gasteiger partial charge >= 0.3 is 5.97 Å². The van der Waals surface area contributed by atoms with Crippen LogP contribution in [0.4, 0.5) is 4.39 Å². The highest BCUT2D eigenvalue weighted by Crippen LogP contribution is 2.30. The lowest BCUT2D eigenvalue weighted by Crippen LogP contribution is -2.38. The standard InChI is InChI=1S/C19H18FN3O5S2/c1-11-15-8-16(29-18(15)23(22-11)14-4-2-12(20)3-5-14)19(25)28-9-17(24)21-13-6-7-30(26,27)10-13/h2-5,8,13H,6-7,9-10H2,1H3,(H,21,24)/t13-/m1/s1. The topological polar surface area (TPSA) is 107 Å². The van der Waals surface area contributed by atoms with Gasteiger partial charge in [-0.25, -0.2) is 22.3 Å². The van der Waals surface area contributed by atoms with E-state index < -0.39 is 34.4 Å². The number of hydrogen-bond donors (Lipinski definition) is 1. The molecule has 3 heterocycles. The summed E-state index contributed by atoms with van der Waals surface area (Å²) in [7, 11) is -3.11. The summed E-state index contributed by atoms with van der Waals surface area (Å²) in [5, 5.41) is 7.76. The molecule has 1 aliphatic heterocycles. The number of amides is 1. The third-order valence-corrected chi connectivity index (χ3v) is 7.61. The van der Waals surface area contributed by atoms with Gasteiger partial charge in [0.25, 0.3) is 5.91 Å². The molecule has 0 saturated carbocycles. The molecule has 0 radical (unpaired) electrons. The summed E-state index contributed by atoms with van der Waals surface area (Å²) in [6, 6.07) is 7.03. The van der Waals surface area contributed by atoms with E-state index in [2.05, 4.69) is 10.4 Å². The van der Waals surface area contributed by atoms with Gasteiger partial charge in [-0.1, -0.05) is 0 Å². The van der Waals surface area contributed by atoms with E-state index in [1.165, 1.54) is 12.1 Å². The lowest BCUT2D eigenvalue weighted by atomic mass is 10.2. The molecule has 1 aromatic carbocycles. The predicted molar refractivity (Wildman–Crippen MR) is 109 cm³/mol. The molecule has 30 heavy (non-hydrogen) atoms. The lowest BCUT2D eigenvalue weighted by Gasteiger charge is -2.10. The number of esters is 1. The van der Waals surface area contributed by atoms with Gasteiger partial charge in [0, 0.05) is 11.4 Å². The minimum atomic E-state index is -3.11. The maximum absolute atomic E-state index is 13.2. The van der Waals surface area contributed by atoms with Crippen LogP contribution < -0.4 is 5.32 Å². The number of sulfone groups is 1. The van der Waals surface area contributed by atoms with Gasteiger partial charge in [0.2, 0.25) is 0 Å². The number of thiophene rings is 1. The van der Waals surface area contributed by atoms with E-state index in [1.807, 2.05) is 0 Å².